The molecule has 25 heavy (non-hydrogen) atoms. The van der Waals surface area contributed by atoms with Gasteiger partial charge >= 0.3 is 0 Å². The fraction of sp³-hybridized carbons (Fsp3) is 0.0526. The Kier molecular flexibility index (Phi) is 4.93. The predicted octanol–water partition coefficient (Wildman–Crippen LogP) is 5.01. The second-order valence-electron chi connectivity index (χ2n) is 5.48. The maximum Gasteiger partial charge on any atom is 0.275 e. The maximum absolute atomic E-state index is 12.4. The molecule has 3 rings (SSSR count). The van der Waals surface area contributed by atoms with Gasteiger partial charge in [-0.05, 0) is 42.0 Å². The number of phenols is 1. The van der Waals surface area contributed by atoms with Gasteiger partial charge in [-0.25, -0.2) is 5.43 Å². The van der Waals surface area contributed by atoms with Crippen molar-refractivity contribution in [2.24, 2.45) is 5.10 Å². The third kappa shape index (κ3) is 3.76. The molecule has 0 unspecified atom stereocenters. The van der Waals surface area contributed by atoms with Crippen LogP contribution in [0.4, 0.5) is 0 Å². The van der Waals surface area contributed by atoms with Gasteiger partial charge in [0.2, 0.25) is 0 Å². The first-order valence-corrected chi connectivity index (χ1v) is 8.23. The number of rotatable bonds is 3. The summed E-state index contributed by atoms with van der Waals surface area (Å²) in [6, 6.07) is 15.7. The van der Waals surface area contributed by atoms with E-state index in [2.05, 4.69) is 10.5 Å². The monoisotopic (exact) mass is 372 g/mol. The number of carbonyl (C=O) groups is 1. The fourth-order valence-corrected chi connectivity index (χ4v) is 2.99. The Morgan fingerprint density at radius 1 is 1.00 bits per heavy atom. The first-order chi connectivity index (χ1) is 12.0. The zero-order chi connectivity index (χ0) is 18.0. The number of halogens is 2. The number of carbonyl (C=O) groups excluding carboxylic acids is 1. The summed E-state index contributed by atoms with van der Waals surface area (Å²) in [7, 11) is 0. The van der Waals surface area contributed by atoms with E-state index in [0.29, 0.717) is 21.3 Å². The van der Waals surface area contributed by atoms with Gasteiger partial charge in [0.25, 0.3) is 5.91 Å². The summed E-state index contributed by atoms with van der Waals surface area (Å²) in [5.74, 6) is -0.610. The van der Waals surface area contributed by atoms with E-state index >= 15 is 0 Å². The second kappa shape index (κ2) is 7.13. The lowest BCUT2D eigenvalue weighted by molar-refractivity contribution is 0.0952. The minimum Gasteiger partial charge on any atom is -0.507 e. The van der Waals surface area contributed by atoms with E-state index in [1.165, 1.54) is 0 Å². The molecule has 3 aromatic carbocycles. The molecule has 0 saturated heterocycles. The van der Waals surface area contributed by atoms with Crippen molar-refractivity contribution in [3.05, 3.63) is 75.8 Å². The highest BCUT2D eigenvalue weighted by Crippen LogP contribution is 2.25. The number of nitrogens with one attached hydrogen (secondary N) is 1. The molecule has 0 heterocycles. The minimum atomic E-state index is -0.507. The number of benzene rings is 3. The SMILES string of the molecule is C/C(=N/NC(=O)c1cc2ccccc2cc1O)c1ccc(Cl)cc1Cl. The van der Waals surface area contributed by atoms with Crippen LogP contribution in [0.2, 0.25) is 10.0 Å². The third-order valence-corrected chi connectivity index (χ3v) is 4.30. The Hall–Kier alpha value is -2.56. The van der Waals surface area contributed by atoms with Gasteiger partial charge in [0.1, 0.15) is 5.75 Å². The lowest BCUT2D eigenvalue weighted by atomic mass is 10.1. The Morgan fingerprint density at radius 3 is 2.36 bits per heavy atom. The molecule has 0 aliphatic heterocycles. The largest absolute Gasteiger partial charge is 0.507 e. The number of aromatic hydroxyl groups is 1. The average molecular weight is 373 g/mol. The number of nitrogens with zero attached hydrogens (tertiary/aromatic N) is 1. The molecule has 0 aliphatic rings. The van der Waals surface area contributed by atoms with Crippen LogP contribution in [-0.4, -0.2) is 16.7 Å². The molecule has 0 aliphatic carbocycles. The van der Waals surface area contributed by atoms with Crippen molar-refractivity contribution in [3.63, 3.8) is 0 Å². The molecular formula is C19H14Cl2N2O2. The van der Waals surface area contributed by atoms with Crippen molar-refractivity contribution in [1.82, 2.24) is 5.43 Å². The third-order valence-electron chi connectivity index (χ3n) is 3.75. The van der Waals surface area contributed by atoms with Gasteiger partial charge in [-0.1, -0.05) is 53.5 Å². The van der Waals surface area contributed by atoms with Crippen LogP contribution < -0.4 is 5.43 Å². The molecule has 4 nitrogen and oxygen atoms in total. The molecule has 126 valence electrons. The van der Waals surface area contributed by atoms with Crippen molar-refractivity contribution in [2.75, 3.05) is 0 Å². The van der Waals surface area contributed by atoms with Crippen molar-refractivity contribution in [3.8, 4) is 5.75 Å². The van der Waals surface area contributed by atoms with Crippen molar-refractivity contribution < 1.29 is 9.90 Å². The van der Waals surface area contributed by atoms with Gasteiger partial charge in [0.15, 0.2) is 0 Å². The van der Waals surface area contributed by atoms with Crippen LogP contribution in [0.3, 0.4) is 0 Å². The highest BCUT2D eigenvalue weighted by atomic mass is 35.5. The molecule has 0 radical (unpaired) electrons. The van der Waals surface area contributed by atoms with E-state index in [0.717, 1.165) is 10.8 Å². The van der Waals surface area contributed by atoms with Crippen molar-refractivity contribution in [2.45, 2.75) is 6.92 Å². The molecule has 0 saturated carbocycles. The molecule has 1 amide bonds. The Morgan fingerprint density at radius 2 is 1.68 bits per heavy atom. The highest BCUT2D eigenvalue weighted by molar-refractivity contribution is 6.37. The van der Waals surface area contributed by atoms with Crippen molar-refractivity contribution in [1.29, 1.82) is 0 Å². The quantitative estimate of drug-likeness (QED) is 0.501. The number of hydrogen-bond donors (Lipinski definition) is 2. The summed E-state index contributed by atoms with van der Waals surface area (Å²) >= 11 is 12.0. The van der Waals surface area contributed by atoms with Gasteiger partial charge in [0, 0.05) is 10.6 Å². The zero-order valence-corrected chi connectivity index (χ0v) is 14.8. The lowest BCUT2D eigenvalue weighted by Crippen LogP contribution is -2.19. The number of fused-ring (bicyclic) bond motifs is 1. The Balaban J connectivity index is 1.85. The van der Waals surface area contributed by atoms with Gasteiger partial charge in [-0.15, -0.1) is 0 Å². The molecule has 0 aromatic heterocycles. The fourth-order valence-electron chi connectivity index (χ4n) is 2.45. The molecule has 6 heteroatoms. The summed E-state index contributed by atoms with van der Waals surface area (Å²) in [6.45, 7) is 1.72. The molecular weight excluding hydrogens is 359 g/mol. The Bertz CT molecular complexity index is 1000. The van der Waals surface area contributed by atoms with E-state index in [9.17, 15) is 9.90 Å². The smallest absolute Gasteiger partial charge is 0.275 e. The lowest BCUT2D eigenvalue weighted by Gasteiger charge is -2.07. The van der Waals surface area contributed by atoms with Crippen LogP contribution in [0.25, 0.3) is 10.8 Å². The molecule has 0 atom stereocenters. The number of hydrazone groups is 1. The molecule has 0 spiro atoms. The minimum absolute atomic E-state index is 0.103. The molecule has 2 N–H and O–H groups in total. The van der Waals surface area contributed by atoms with E-state index in [-0.39, 0.29) is 11.3 Å². The zero-order valence-electron chi connectivity index (χ0n) is 13.3. The van der Waals surface area contributed by atoms with E-state index in [1.807, 2.05) is 24.3 Å². The van der Waals surface area contributed by atoms with Gasteiger partial charge in [0.05, 0.1) is 16.3 Å². The second-order valence-corrected chi connectivity index (χ2v) is 6.32. The van der Waals surface area contributed by atoms with Crippen LogP contribution in [0, 0.1) is 0 Å². The Labute approximate surface area is 154 Å². The average Bonchev–Trinajstić information content (AvgIpc) is 2.58. The molecule has 3 aromatic rings. The van der Waals surface area contributed by atoms with Crippen molar-refractivity contribution >= 4 is 45.6 Å². The van der Waals surface area contributed by atoms with Crippen LogP contribution in [0.5, 0.6) is 5.75 Å². The summed E-state index contributed by atoms with van der Waals surface area (Å²) in [5, 5.41) is 16.8. The summed E-state index contributed by atoms with van der Waals surface area (Å²) in [5.41, 5.74) is 3.78. The van der Waals surface area contributed by atoms with Crippen LogP contribution in [0.1, 0.15) is 22.8 Å². The molecule has 0 bridgehead atoms. The number of hydrogen-bond acceptors (Lipinski definition) is 3. The van der Waals surface area contributed by atoms with Crippen LogP contribution >= 0.6 is 23.2 Å². The van der Waals surface area contributed by atoms with E-state index in [1.54, 1.807) is 37.3 Å². The first-order valence-electron chi connectivity index (χ1n) is 7.47. The normalized spacial score (nSPS) is 11.6. The topological polar surface area (TPSA) is 61.7 Å². The number of phenolic OH excluding ortho intramolecular Hbond substituents is 1. The van der Waals surface area contributed by atoms with Gasteiger partial charge in [-0.3, -0.25) is 4.79 Å². The van der Waals surface area contributed by atoms with Gasteiger partial charge in [-0.2, -0.15) is 5.10 Å². The van der Waals surface area contributed by atoms with Gasteiger partial charge < -0.3 is 5.11 Å². The predicted molar refractivity (Wildman–Crippen MR) is 102 cm³/mol. The first kappa shape index (κ1) is 17.3. The summed E-state index contributed by atoms with van der Waals surface area (Å²) in [4.78, 5) is 12.4. The molecule has 0 fully saturated rings. The standard InChI is InChI=1S/C19H14Cl2N2O2/c1-11(15-7-6-14(20)10-17(15)21)22-23-19(25)16-8-12-4-2-3-5-13(12)9-18(16)24/h2-10,24H,1H3,(H,23,25)/b22-11-. The highest BCUT2D eigenvalue weighted by Gasteiger charge is 2.12. The number of amides is 1. The van der Waals surface area contributed by atoms with Crippen LogP contribution in [-0.2, 0) is 0 Å². The van der Waals surface area contributed by atoms with E-state index in [4.69, 9.17) is 23.2 Å². The summed E-state index contributed by atoms with van der Waals surface area (Å²) in [6.07, 6.45) is 0. The maximum atomic E-state index is 12.4. The summed E-state index contributed by atoms with van der Waals surface area (Å²) < 4.78 is 0. The van der Waals surface area contributed by atoms with Crippen LogP contribution in [0.15, 0.2) is 59.7 Å². The van der Waals surface area contributed by atoms with E-state index < -0.39 is 5.91 Å².